The van der Waals surface area contributed by atoms with Crippen LogP contribution in [0.25, 0.3) is 0 Å². The molecule has 0 nitrogen and oxygen atoms in total. The minimum Gasteiger partial charge on any atom is -0.0629 e. The summed E-state index contributed by atoms with van der Waals surface area (Å²) in [6, 6.07) is 0. The average Bonchev–Trinajstić information content (AvgIpc) is 2.51. The molecule has 0 saturated carbocycles. The van der Waals surface area contributed by atoms with Crippen LogP contribution < -0.4 is 0 Å². The Labute approximate surface area is 87.4 Å². The molecule has 2 aliphatic carbocycles. The van der Waals surface area contributed by atoms with E-state index in [1.54, 1.807) is 22.3 Å². The predicted octanol–water partition coefficient (Wildman–Crippen LogP) is 4.26. The molecule has 0 aromatic heterocycles. The number of hydrogen-bond acceptors (Lipinski definition) is 0. The summed E-state index contributed by atoms with van der Waals surface area (Å²) < 4.78 is 0. The topological polar surface area (TPSA) is 0 Å². The zero-order chi connectivity index (χ0) is 10.6. The molecule has 0 aromatic rings. The molecule has 0 heterocycles. The molecule has 14 heavy (non-hydrogen) atoms. The summed E-state index contributed by atoms with van der Waals surface area (Å²) in [4.78, 5) is 0. The summed E-state index contributed by atoms with van der Waals surface area (Å²) in [6.07, 6.45) is 0. The monoisotopic (exact) mass is 188 g/mol. The Bertz CT molecular complexity index is 352. The third kappa shape index (κ3) is 0.945. The number of rotatable bonds is 0. The van der Waals surface area contributed by atoms with E-state index in [9.17, 15) is 0 Å². The lowest BCUT2D eigenvalue weighted by Crippen LogP contribution is -2.05. The van der Waals surface area contributed by atoms with Crippen LogP contribution in [0.3, 0.4) is 0 Å². The van der Waals surface area contributed by atoms with Gasteiger partial charge in [0.1, 0.15) is 0 Å². The lowest BCUT2D eigenvalue weighted by molar-refractivity contribution is 0.682. The van der Waals surface area contributed by atoms with E-state index in [1.807, 2.05) is 0 Å². The maximum Gasteiger partial charge on any atom is -0.000315 e. The van der Waals surface area contributed by atoms with Crippen molar-refractivity contribution in [3.05, 3.63) is 33.4 Å². The molecule has 0 fully saturated rings. The number of allylic oxidation sites excluding steroid dienone is 6. The molecule has 0 N–H and O–H groups in total. The average molecular weight is 188 g/mol. The van der Waals surface area contributed by atoms with E-state index < -0.39 is 0 Å². The van der Waals surface area contributed by atoms with Gasteiger partial charge >= 0.3 is 0 Å². The van der Waals surface area contributed by atoms with Crippen LogP contribution >= 0.6 is 0 Å². The van der Waals surface area contributed by atoms with Gasteiger partial charge in [-0.15, -0.1) is 0 Å². The molecule has 0 spiro atoms. The second-order valence-electron chi connectivity index (χ2n) is 4.89. The summed E-state index contributed by atoms with van der Waals surface area (Å²) in [5.41, 5.74) is 9.49. The first-order chi connectivity index (χ1) is 6.46. The van der Waals surface area contributed by atoms with Gasteiger partial charge in [-0.1, -0.05) is 25.0 Å². The zero-order valence-corrected chi connectivity index (χ0v) is 10.2. The lowest BCUT2D eigenvalue weighted by atomic mass is 9.88. The second kappa shape index (κ2) is 2.85. The Kier molecular flexibility index (Phi) is 1.99. The van der Waals surface area contributed by atoms with Gasteiger partial charge in [0, 0.05) is 0 Å². The van der Waals surface area contributed by atoms with Crippen molar-refractivity contribution in [2.24, 2.45) is 11.8 Å². The van der Waals surface area contributed by atoms with Crippen LogP contribution in [-0.2, 0) is 0 Å². The van der Waals surface area contributed by atoms with E-state index in [4.69, 9.17) is 0 Å². The van der Waals surface area contributed by atoms with E-state index in [2.05, 4.69) is 41.5 Å². The molecule has 76 valence electrons. The summed E-state index contributed by atoms with van der Waals surface area (Å²) in [7, 11) is 0. The first-order valence-corrected chi connectivity index (χ1v) is 5.56. The predicted molar refractivity (Wildman–Crippen MR) is 62.1 cm³/mol. The van der Waals surface area contributed by atoms with Gasteiger partial charge in [-0.25, -0.2) is 0 Å². The molecule has 0 radical (unpaired) electrons. The van der Waals surface area contributed by atoms with Gasteiger partial charge in [0.05, 0.1) is 0 Å². The van der Waals surface area contributed by atoms with Crippen LogP contribution in [0, 0.1) is 11.8 Å². The van der Waals surface area contributed by atoms with Crippen molar-refractivity contribution in [2.45, 2.75) is 41.5 Å². The van der Waals surface area contributed by atoms with Crippen molar-refractivity contribution in [1.82, 2.24) is 0 Å². The fourth-order valence-corrected chi connectivity index (χ4v) is 3.03. The van der Waals surface area contributed by atoms with Gasteiger partial charge in [-0.05, 0) is 61.8 Å². The summed E-state index contributed by atoms with van der Waals surface area (Å²) in [5, 5.41) is 0. The van der Waals surface area contributed by atoms with Crippen LogP contribution in [0.1, 0.15) is 41.5 Å². The van der Waals surface area contributed by atoms with Crippen molar-refractivity contribution < 1.29 is 0 Å². The quantitative estimate of drug-likeness (QED) is 0.533. The van der Waals surface area contributed by atoms with Crippen LogP contribution in [0.5, 0.6) is 0 Å². The van der Waals surface area contributed by atoms with Gasteiger partial charge < -0.3 is 0 Å². The van der Waals surface area contributed by atoms with E-state index in [1.165, 1.54) is 11.1 Å². The zero-order valence-electron chi connectivity index (χ0n) is 10.2. The van der Waals surface area contributed by atoms with E-state index in [-0.39, 0.29) is 0 Å². The largest absolute Gasteiger partial charge is 0.0629 e. The van der Waals surface area contributed by atoms with Gasteiger partial charge in [-0.2, -0.15) is 0 Å². The Morgan fingerprint density at radius 3 is 1.36 bits per heavy atom. The highest BCUT2D eigenvalue weighted by atomic mass is 14.4. The van der Waals surface area contributed by atoms with E-state index in [0.717, 1.165) is 0 Å². The Hall–Kier alpha value is -0.780. The van der Waals surface area contributed by atoms with E-state index in [0.29, 0.717) is 11.8 Å². The highest BCUT2D eigenvalue weighted by Crippen LogP contribution is 2.50. The van der Waals surface area contributed by atoms with Crippen LogP contribution in [0.2, 0.25) is 0 Å². The Morgan fingerprint density at radius 1 is 0.714 bits per heavy atom. The first kappa shape index (κ1) is 9.76. The highest BCUT2D eigenvalue weighted by molar-refractivity contribution is 5.63. The molecule has 0 bridgehead atoms. The fraction of sp³-hybridized carbons (Fsp3) is 0.571. The van der Waals surface area contributed by atoms with Crippen LogP contribution in [0.15, 0.2) is 33.4 Å². The van der Waals surface area contributed by atoms with Gasteiger partial charge in [-0.3, -0.25) is 0 Å². The molecule has 0 amide bonds. The molecular weight excluding hydrogens is 168 g/mol. The van der Waals surface area contributed by atoms with Gasteiger partial charge in [0.2, 0.25) is 0 Å². The number of hydrogen-bond donors (Lipinski definition) is 0. The van der Waals surface area contributed by atoms with Gasteiger partial charge in [0.15, 0.2) is 0 Å². The molecule has 2 unspecified atom stereocenters. The molecule has 2 rings (SSSR count). The first-order valence-electron chi connectivity index (χ1n) is 5.56. The fourth-order valence-electron chi connectivity index (χ4n) is 3.03. The molecule has 0 aromatic carbocycles. The van der Waals surface area contributed by atoms with Crippen molar-refractivity contribution in [2.75, 3.05) is 0 Å². The maximum absolute atomic E-state index is 2.35. The standard InChI is InChI=1S/C14H20/c1-7-9(3)13-11(5)8(2)12(6)14(13)10(7)4/h9,11H,1-6H3. The summed E-state index contributed by atoms with van der Waals surface area (Å²) in [5.74, 6) is 1.35. The van der Waals surface area contributed by atoms with Crippen LogP contribution in [0.4, 0.5) is 0 Å². The van der Waals surface area contributed by atoms with Crippen molar-refractivity contribution in [3.63, 3.8) is 0 Å². The van der Waals surface area contributed by atoms with Crippen molar-refractivity contribution in [3.8, 4) is 0 Å². The summed E-state index contributed by atoms with van der Waals surface area (Å²) >= 11 is 0. The molecule has 2 atom stereocenters. The molecular formula is C14H20. The maximum atomic E-state index is 2.35. The Balaban J connectivity index is 2.60. The van der Waals surface area contributed by atoms with Gasteiger partial charge in [0.25, 0.3) is 0 Å². The normalized spacial score (nSPS) is 32.1. The minimum absolute atomic E-state index is 0.674. The van der Waals surface area contributed by atoms with Crippen LogP contribution in [-0.4, -0.2) is 0 Å². The SMILES string of the molecule is CC1=C(C)C(C)C2=C1C(C)=C(C)C2C. The van der Waals surface area contributed by atoms with Crippen molar-refractivity contribution >= 4 is 0 Å². The van der Waals surface area contributed by atoms with Crippen molar-refractivity contribution in [1.29, 1.82) is 0 Å². The third-order valence-corrected chi connectivity index (χ3v) is 4.45. The minimum atomic E-state index is 0.674. The highest BCUT2D eigenvalue weighted by Gasteiger charge is 2.35. The molecule has 0 saturated heterocycles. The third-order valence-electron chi connectivity index (χ3n) is 4.45. The molecule has 0 aliphatic heterocycles. The smallest absolute Gasteiger partial charge is 0.000315 e. The van der Waals surface area contributed by atoms with E-state index >= 15 is 0 Å². The lowest BCUT2D eigenvalue weighted by Gasteiger charge is -2.17. The molecule has 2 aliphatic rings. The second-order valence-corrected chi connectivity index (χ2v) is 4.89. The summed E-state index contributed by atoms with van der Waals surface area (Å²) in [6.45, 7) is 13.8. The molecule has 0 heteroatoms. The Morgan fingerprint density at radius 2 is 1.07 bits per heavy atom.